The minimum atomic E-state index is -4.77. The highest BCUT2D eigenvalue weighted by Crippen LogP contribution is 2.35. The molecule has 9 heteroatoms. The van der Waals surface area contributed by atoms with E-state index in [1.807, 2.05) is 54.7 Å². The van der Waals surface area contributed by atoms with Crippen LogP contribution < -0.4 is 0 Å². The summed E-state index contributed by atoms with van der Waals surface area (Å²) in [6.45, 7) is 3.46. The van der Waals surface area contributed by atoms with E-state index in [4.69, 9.17) is 19.3 Å². The molecule has 0 spiro atoms. The summed E-state index contributed by atoms with van der Waals surface area (Å²) in [7, 11) is -4.77. The largest absolute Gasteiger partial charge is 0.469 e. The third-order valence-electron chi connectivity index (χ3n) is 7.18. The van der Waals surface area contributed by atoms with Crippen LogP contribution in [-0.2, 0) is 28.2 Å². The molecule has 0 aliphatic heterocycles. The molecule has 0 aromatic rings. The molecule has 0 heterocycles. The number of phosphoric acid groups is 1. The number of carbonyl (C=O) groups is 2. The summed E-state index contributed by atoms with van der Waals surface area (Å²) in [6, 6.07) is 0. The van der Waals surface area contributed by atoms with Crippen molar-refractivity contribution < 1.29 is 37.9 Å². The Hall–Kier alpha value is -2.25. The number of carbonyl (C=O) groups excluding carboxylic acids is 2. The van der Waals surface area contributed by atoms with Crippen molar-refractivity contribution >= 4 is 19.8 Å². The minimum Gasteiger partial charge on any atom is -0.462 e. The predicted octanol–water partition coefficient (Wildman–Crippen LogP) is 10.2. The fourth-order valence-corrected chi connectivity index (χ4v) is 4.94. The van der Waals surface area contributed by atoms with E-state index in [0.717, 1.165) is 19.3 Å². The highest BCUT2D eigenvalue weighted by molar-refractivity contribution is 7.46. The van der Waals surface area contributed by atoms with Crippen molar-refractivity contribution in [3.05, 3.63) is 60.8 Å². The van der Waals surface area contributed by atoms with Crippen LogP contribution in [0.25, 0.3) is 0 Å². The zero-order valence-corrected chi connectivity index (χ0v) is 29.6. The normalized spacial score (nSPS) is 13.2. The van der Waals surface area contributed by atoms with Crippen molar-refractivity contribution in [2.24, 2.45) is 0 Å². The lowest BCUT2D eigenvalue weighted by molar-refractivity contribution is -0.161. The van der Waals surface area contributed by atoms with Gasteiger partial charge in [-0.05, 0) is 25.7 Å². The van der Waals surface area contributed by atoms with Gasteiger partial charge in [-0.1, -0.05) is 164 Å². The first-order valence-electron chi connectivity index (χ1n) is 17.6. The fourth-order valence-electron chi connectivity index (χ4n) is 4.58. The van der Waals surface area contributed by atoms with Gasteiger partial charge in [0.25, 0.3) is 0 Å². The second-order valence-electron chi connectivity index (χ2n) is 11.6. The number of ether oxygens (including phenoxy) is 2. The quantitative estimate of drug-likeness (QED) is 0.0325. The van der Waals surface area contributed by atoms with Crippen molar-refractivity contribution in [2.75, 3.05) is 13.2 Å². The standard InChI is InChI=1S/C37H63O8P/c1-3-5-7-9-11-13-15-17-18-20-21-23-25-27-29-31-36(38)43-33-35(34-44-46(40,41)42)45-37(39)32-30-28-26-24-22-19-16-14-12-10-8-6-4-2/h6,8,10,12,14,16,19,22,24,26,35H,3-5,7,9,11,13,15,17-18,20-21,23,25,27-34H2,1-2H3,(H2,40,41,42)/b8-6+,12-10+,16-14+,22-19+,26-24+. The molecule has 2 N–H and O–H groups in total. The Morgan fingerprint density at radius 1 is 0.587 bits per heavy atom. The summed E-state index contributed by atoms with van der Waals surface area (Å²) in [5.74, 6) is -0.974. The van der Waals surface area contributed by atoms with Crippen LogP contribution >= 0.6 is 7.82 Å². The number of unbranched alkanes of at least 4 members (excludes halogenated alkanes) is 15. The van der Waals surface area contributed by atoms with E-state index < -0.39 is 32.5 Å². The van der Waals surface area contributed by atoms with Gasteiger partial charge in [0.15, 0.2) is 6.10 Å². The molecule has 0 bridgehead atoms. The lowest BCUT2D eigenvalue weighted by Gasteiger charge is -2.18. The monoisotopic (exact) mass is 666 g/mol. The van der Waals surface area contributed by atoms with Crippen LogP contribution in [0.15, 0.2) is 60.8 Å². The second-order valence-corrected chi connectivity index (χ2v) is 12.8. The summed E-state index contributed by atoms with van der Waals surface area (Å²) >= 11 is 0. The van der Waals surface area contributed by atoms with Gasteiger partial charge in [0.05, 0.1) is 6.61 Å². The number of hydrogen-bond donors (Lipinski definition) is 2. The highest BCUT2D eigenvalue weighted by Gasteiger charge is 2.22. The molecule has 0 saturated carbocycles. The van der Waals surface area contributed by atoms with Crippen LogP contribution in [0.5, 0.6) is 0 Å². The predicted molar refractivity (Wildman–Crippen MR) is 188 cm³/mol. The Morgan fingerprint density at radius 2 is 1.04 bits per heavy atom. The number of hydrogen-bond acceptors (Lipinski definition) is 6. The maximum Gasteiger partial charge on any atom is 0.469 e. The van der Waals surface area contributed by atoms with Gasteiger partial charge in [-0.2, -0.15) is 0 Å². The Bertz CT molecular complexity index is 932. The molecule has 46 heavy (non-hydrogen) atoms. The van der Waals surface area contributed by atoms with Crippen molar-refractivity contribution in [1.82, 2.24) is 0 Å². The minimum absolute atomic E-state index is 0.115. The van der Waals surface area contributed by atoms with E-state index in [9.17, 15) is 14.2 Å². The van der Waals surface area contributed by atoms with Gasteiger partial charge in [-0.3, -0.25) is 14.1 Å². The maximum absolute atomic E-state index is 12.3. The molecule has 264 valence electrons. The Labute approximate surface area is 279 Å². The van der Waals surface area contributed by atoms with E-state index in [1.165, 1.54) is 77.0 Å². The Balaban J connectivity index is 4.10. The molecular weight excluding hydrogens is 603 g/mol. The number of allylic oxidation sites excluding steroid dienone is 10. The molecule has 0 aliphatic rings. The van der Waals surface area contributed by atoms with Gasteiger partial charge in [0.1, 0.15) is 6.61 Å². The molecule has 0 amide bonds. The molecule has 0 aliphatic carbocycles. The zero-order valence-electron chi connectivity index (χ0n) is 28.7. The van der Waals surface area contributed by atoms with E-state index in [2.05, 4.69) is 24.4 Å². The molecule has 1 atom stereocenters. The van der Waals surface area contributed by atoms with Crippen LogP contribution in [0.3, 0.4) is 0 Å². The van der Waals surface area contributed by atoms with Gasteiger partial charge in [0, 0.05) is 12.8 Å². The summed E-state index contributed by atoms with van der Waals surface area (Å²) in [4.78, 5) is 42.5. The molecular formula is C37H63O8P. The van der Waals surface area contributed by atoms with Crippen molar-refractivity contribution in [2.45, 2.75) is 148 Å². The van der Waals surface area contributed by atoms with Crippen molar-refractivity contribution in [3.8, 4) is 0 Å². The van der Waals surface area contributed by atoms with Gasteiger partial charge in [-0.25, -0.2) is 4.57 Å². The molecule has 0 saturated heterocycles. The van der Waals surface area contributed by atoms with E-state index in [1.54, 1.807) is 0 Å². The average Bonchev–Trinajstić information content (AvgIpc) is 3.02. The van der Waals surface area contributed by atoms with Crippen LogP contribution in [0.2, 0.25) is 0 Å². The molecule has 1 unspecified atom stereocenters. The summed E-state index contributed by atoms with van der Waals surface area (Å²) in [5.41, 5.74) is 0. The fraction of sp³-hybridized carbons (Fsp3) is 0.676. The third-order valence-corrected chi connectivity index (χ3v) is 7.66. The molecule has 0 fully saturated rings. The lowest BCUT2D eigenvalue weighted by Crippen LogP contribution is -2.29. The van der Waals surface area contributed by atoms with E-state index >= 15 is 0 Å². The van der Waals surface area contributed by atoms with Crippen molar-refractivity contribution in [1.29, 1.82) is 0 Å². The first kappa shape index (κ1) is 43.8. The summed E-state index contributed by atoms with van der Waals surface area (Å²) < 4.78 is 26.2. The van der Waals surface area contributed by atoms with Gasteiger partial charge in [0.2, 0.25) is 0 Å². The first-order valence-corrected chi connectivity index (χ1v) is 19.2. The van der Waals surface area contributed by atoms with E-state index in [0.29, 0.717) is 19.3 Å². The van der Waals surface area contributed by atoms with Gasteiger partial charge in [-0.15, -0.1) is 0 Å². The first-order chi connectivity index (χ1) is 22.3. The average molecular weight is 667 g/mol. The van der Waals surface area contributed by atoms with Gasteiger partial charge < -0.3 is 19.3 Å². The molecule has 0 aromatic carbocycles. The maximum atomic E-state index is 12.3. The SMILES string of the molecule is CC/C=C/C=C/C=C/C=C/C=C/CCCC(=O)OC(COC(=O)CCCCCCCCCCCCCCCCC)COP(=O)(O)O. The third kappa shape index (κ3) is 34.6. The molecule has 8 nitrogen and oxygen atoms in total. The van der Waals surface area contributed by atoms with E-state index in [-0.39, 0.29) is 19.4 Å². The number of phosphoric ester groups is 1. The zero-order chi connectivity index (χ0) is 34.0. The molecule has 0 rings (SSSR count). The van der Waals surface area contributed by atoms with Crippen LogP contribution in [0.1, 0.15) is 142 Å². The van der Waals surface area contributed by atoms with Crippen LogP contribution in [-0.4, -0.2) is 41.0 Å². The van der Waals surface area contributed by atoms with Crippen LogP contribution in [0, 0.1) is 0 Å². The highest BCUT2D eigenvalue weighted by atomic mass is 31.2. The molecule has 0 aromatic heterocycles. The lowest BCUT2D eigenvalue weighted by atomic mass is 10.0. The van der Waals surface area contributed by atoms with Crippen LogP contribution in [0.4, 0.5) is 0 Å². The van der Waals surface area contributed by atoms with Gasteiger partial charge >= 0.3 is 19.8 Å². The van der Waals surface area contributed by atoms with Crippen molar-refractivity contribution in [3.63, 3.8) is 0 Å². The smallest absolute Gasteiger partial charge is 0.462 e. The number of rotatable bonds is 31. The molecule has 0 radical (unpaired) electrons. The Morgan fingerprint density at radius 3 is 1.54 bits per heavy atom. The second kappa shape index (κ2) is 32.7. The summed E-state index contributed by atoms with van der Waals surface area (Å²) in [6.07, 6.45) is 39.5. The topological polar surface area (TPSA) is 119 Å². The summed E-state index contributed by atoms with van der Waals surface area (Å²) in [5, 5.41) is 0. The number of esters is 2. The Kier molecular flexibility index (Phi) is 31.1.